The van der Waals surface area contributed by atoms with Crippen molar-refractivity contribution < 1.29 is 19.1 Å². The molecule has 0 aliphatic carbocycles. The number of ether oxygens (including phenoxy) is 2. The van der Waals surface area contributed by atoms with Crippen LogP contribution < -0.4 is 25.2 Å². The summed E-state index contributed by atoms with van der Waals surface area (Å²) >= 11 is 1.43. The Bertz CT molecular complexity index is 1260. The lowest BCUT2D eigenvalue weighted by Gasteiger charge is -2.31. The van der Waals surface area contributed by atoms with Gasteiger partial charge in [-0.1, -0.05) is 6.92 Å². The highest BCUT2D eigenvalue weighted by Crippen LogP contribution is 2.28. The zero-order valence-electron chi connectivity index (χ0n) is 22.0. The molecular weight excluding hydrogens is 518 g/mol. The molecule has 11 nitrogen and oxygen atoms in total. The molecule has 2 N–H and O–H groups in total. The number of hydrogen-bond acceptors (Lipinski definition) is 10. The first-order valence-corrected chi connectivity index (χ1v) is 14.2. The molecule has 0 atom stereocenters. The Morgan fingerprint density at radius 3 is 2.59 bits per heavy atom. The summed E-state index contributed by atoms with van der Waals surface area (Å²) in [6, 6.07) is 7.71. The van der Waals surface area contributed by atoms with Crippen molar-refractivity contribution >= 4 is 39.7 Å². The average molecular weight is 552 g/mol. The second kappa shape index (κ2) is 12.9. The number of nitrogens with zero attached hydrogens (tertiary/aromatic N) is 5. The fraction of sp³-hybridized carbons (Fsp3) is 0.444. The van der Waals surface area contributed by atoms with E-state index in [-0.39, 0.29) is 17.9 Å². The monoisotopic (exact) mass is 551 g/mol. The zero-order chi connectivity index (χ0) is 27.0. The van der Waals surface area contributed by atoms with Gasteiger partial charge in [-0.3, -0.25) is 9.59 Å². The molecule has 5 rings (SSSR count). The SMILES string of the molecule is CCCNC(=O)c1cc(N2CCOCC2)ccc1NC(=O)c1csc(N2CCC(Oc3ncccn3)CC2)n1. The first kappa shape index (κ1) is 26.8. The predicted octanol–water partition coefficient (Wildman–Crippen LogP) is 3.21. The van der Waals surface area contributed by atoms with Gasteiger partial charge in [0.15, 0.2) is 5.13 Å². The Morgan fingerprint density at radius 1 is 1.08 bits per heavy atom. The number of benzene rings is 1. The summed E-state index contributed by atoms with van der Waals surface area (Å²) in [7, 11) is 0. The molecule has 1 aromatic carbocycles. The molecule has 0 saturated carbocycles. The average Bonchev–Trinajstić information content (AvgIpc) is 3.48. The molecule has 2 amide bonds. The van der Waals surface area contributed by atoms with Crippen molar-refractivity contribution in [2.45, 2.75) is 32.3 Å². The van der Waals surface area contributed by atoms with Gasteiger partial charge < -0.3 is 29.9 Å². The van der Waals surface area contributed by atoms with Gasteiger partial charge in [-0.15, -0.1) is 11.3 Å². The molecular formula is C27H33N7O4S. The Balaban J connectivity index is 1.23. The lowest BCUT2D eigenvalue weighted by atomic mass is 10.1. The van der Waals surface area contributed by atoms with Crippen LogP contribution in [0, 0.1) is 0 Å². The second-order valence-corrected chi connectivity index (χ2v) is 10.2. The number of hydrogen-bond donors (Lipinski definition) is 2. The van der Waals surface area contributed by atoms with E-state index in [4.69, 9.17) is 9.47 Å². The maximum Gasteiger partial charge on any atom is 0.316 e. The third-order valence-electron chi connectivity index (χ3n) is 6.66. The molecule has 0 radical (unpaired) electrons. The van der Waals surface area contributed by atoms with Crippen LogP contribution in [0.25, 0.3) is 0 Å². The number of amides is 2. The van der Waals surface area contributed by atoms with E-state index in [1.165, 1.54) is 11.3 Å². The van der Waals surface area contributed by atoms with Crippen LogP contribution in [0.1, 0.15) is 47.0 Å². The van der Waals surface area contributed by atoms with Crippen LogP contribution in [0.4, 0.5) is 16.5 Å². The molecule has 2 aliphatic rings. The Morgan fingerprint density at radius 2 is 1.85 bits per heavy atom. The summed E-state index contributed by atoms with van der Waals surface area (Å²) < 4.78 is 11.3. The largest absolute Gasteiger partial charge is 0.460 e. The maximum atomic E-state index is 13.2. The molecule has 2 aliphatic heterocycles. The minimum absolute atomic E-state index is 0.0455. The van der Waals surface area contributed by atoms with Gasteiger partial charge in [0.25, 0.3) is 11.8 Å². The van der Waals surface area contributed by atoms with Crippen molar-refractivity contribution in [2.24, 2.45) is 0 Å². The number of rotatable bonds is 9. The molecule has 0 spiro atoms. The Labute approximate surface area is 231 Å². The smallest absolute Gasteiger partial charge is 0.316 e. The fourth-order valence-electron chi connectivity index (χ4n) is 4.54. The summed E-state index contributed by atoms with van der Waals surface area (Å²) in [5.41, 5.74) is 2.14. The Kier molecular flexibility index (Phi) is 8.84. The first-order valence-electron chi connectivity index (χ1n) is 13.3. The van der Waals surface area contributed by atoms with E-state index < -0.39 is 0 Å². The molecule has 12 heteroatoms. The van der Waals surface area contributed by atoms with Gasteiger partial charge >= 0.3 is 6.01 Å². The molecule has 2 fully saturated rings. The third-order valence-corrected chi connectivity index (χ3v) is 7.56. The fourth-order valence-corrected chi connectivity index (χ4v) is 5.40. The number of carbonyl (C=O) groups is 2. The highest BCUT2D eigenvalue weighted by atomic mass is 32.1. The number of nitrogens with one attached hydrogen (secondary N) is 2. The topological polar surface area (TPSA) is 122 Å². The van der Waals surface area contributed by atoms with Crippen LogP contribution in [0.3, 0.4) is 0 Å². The molecule has 0 unspecified atom stereocenters. The number of morpholine rings is 1. The second-order valence-electron chi connectivity index (χ2n) is 9.39. The van der Waals surface area contributed by atoms with Gasteiger partial charge in [0.05, 0.1) is 24.5 Å². The molecule has 3 aromatic rings. The first-order chi connectivity index (χ1) is 19.1. The van der Waals surface area contributed by atoms with Gasteiger partial charge in [-0.05, 0) is 30.7 Å². The zero-order valence-corrected chi connectivity index (χ0v) is 22.8. The molecule has 4 heterocycles. The number of thiazole rings is 1. The van der Waals surface area contributed by atoms with E-state index in [9.17, 15) is 9.59 Å². The van der Waals surface area contributed by atoms with Gasteiger partial charge in [-0.2, -0.15) is 0 Å². The van der Waals surface area contributed by atoms with Gasteiger partial charge in [0, 0.05) is 69.0 Å². The van der Waals surface area contributed by atoms with E-state index in [2.05, 4.69) is 35.4 Å². The number of anilines is 3. The lowest BCUT2D eigenvalue weighted by molar-refractivity contribution is 0.0954. The summed E-state index contributed by atoms with van der Waals surface area (Å²) in [5.74, 6) is -0.562. The standard InChI is InChI=1S/C27H33N7O4S/c1-2-8-28-24(35)21-17-19(33-13-15-37-16-14-33)4-5-22(21)31-25(36)23-18-39-27(32-23)34-11-6-20(7-12-34)38-26-29-9-3-10-30-26/h3-5,9-10,17-18,20H,2,6-8,11-16H2,1H3,(H,28,35)(H,31,36). The molecule has 206 valence electrons. The number of carbonyl (C=O) groups excluding carboxylic acids is 2. The van der Waals surface area contributed by atoms with Gasteiger partial charge in [0.2, 0.25) is 0 Å². The van der Waals surface area contributed by atoms with Crippen molar-refractivity contribution in [2.75, 3.05) is 61.1 Å². The van der Waals surface area contributed by atoms with Crippen LogP contribution >= 0.6 is 11.3 Å². The summed E-state index contributed by atoms with van der Waals surface area (Å²) in [5, 5.41) is 8.38. The number of aromatic nitrogens is 3. The van der Waals surface area contributed by atoms with Gasteiger partial charge in [-0.25, -0.2) is 15.0 Å². The molecule has 2 aromatic heterocycles. The molecule has 0 bridgehead atoms. The van der Waals surface area contributed by atoms with E-state index in [0.29, 0.717) is 42.7 Å². The van der Waals surface area contributed by atoms with Crippen LogP contribution in [-0.4, -0.2) is 78.8 Å². The minimum Gasteiger partial charge on any atom is -0.460 e. The van der Waals surface area contributed by atoms with E-state index in [1.807, 2.05) is 19.1 Å². The highest BCUT2D eigenvalue weighted by Gasteiger charge is 2.25. The normalized spacial score (nSPS) is 16.1. The third kappa shape index (κ3) is 6.82. The molecule has 2 saturated heterocycles. The molecule has 39 heavy (non-hydrogen) atoms. The predicted molar refractivity (Wildman–Crippen MR) is 150 cm³/mol. The van der Waals surface area contributed by atoms with Crippen molar-refractivity contribution in [3.05, 3.63) is 53.3 Å². The summed E-state index contributed by atoms with van der Waals surface area (Å²) in [6.45, 7) is 6.89. The number of piperidine rings is 1. The van der Waals surface area contributed by atoms with Crippen LogP contribution in [-0.2, 0) is 4.74 Å². The van der Waals surface area contributed by atoms with Crippen LogP contribution in [0.5, 0.6) is 6.01 Å². The van der Waals surface area contributed by atoms with Crippen LogP contribution in [0.15, 0.2) is 42.0 Å². The summed E-state index contributed by atoms with van der Waals surface area (Å²) in [4.78, 5) is 43.4. The van der Waals surface area contributed by atoms with E-state index in [1.54, 1.807) is 29.9 Å². The highest BCUT2D eigenvalue weighted by molar-refractivity contribution is 7.14. The van der Waals surface area contributed by atoms with Crippen molar-refractivity contribution in [3.8, 4) is 6.01 Å². The van der Waals surface area contributed by atoms with Crippen LogP contribution in [0.2, 0.25) is 0 Å². The lowest BCUT2D eigenvalue weighted by Crippen LogP contribution is -2.38. The summed E-state index contributed by atoms with van der Waals surface area (Å²) in [6.07, 6.45) is 5.82. The quantitative estimate of drug-likeness (QED) is 0.413. The van der Waals surface area contributed by atoms with E-state index >= 15 is 0 Å². The van der Waals surface area contributed by atoms with Gasteiger partial charge in [0.1, 0.15) is 11.8 Å². The van der Waals surface area contributed by atoms with E-state index in [0.717, 1.165) is 56.3 Å². The minimum atomic E-state index is -0.347. The van der Waals surface area contributed by atoms with Crippen molar-refractivity contribution in [1.82, 2.24) is 20.3 Å². The Hall–Kier alpha value is -3.77. The van der Waals surface area contributed by atoms with Crippen molar-refractivity contribution in [1.29, 1.82) is 0 Å². The maximum absolute atomic E-state index is 13.2. The van der Waals surface area contributed by atoms with Crippen molar-refractivity contribution in [3.63, 3.8) is 0 Å².